The quantitative estimate of drug-likeness (QED) is 0.316. The molecule has 7 heteroatoms. The molecule has 4 aliphatic rings. The Labute approximate surface area is 236 Å². The second kappa shape index (κ2) is 8.45. The number of rotatable bonds is 3. The minimum atomic E-state index is -0.374. The van der Waals surface area contributed by atoms with Gasteiger partial charge in [-0.3, -0.25) is 4.90 Å². The Hall–Kier alpha value is -3.13. The van der Waals surface area contributed by atoms with Crippen molar-refractivity contribution in [2.45, 2.75) is 76.9 Å². The van der Waals surface area contributed by atoms with Crippen molar-refractivity contribution in [1.82, 2.24) is 14.9 Å². The summed E-state index contributed by atoms with van der Waals surface area (Å²) in [6.07, 6.45) is 3.95. The molecule has 2 bridgehead atoms. The van der Waals surface area contributed by atoms with Crippen LogP contribution in [0.4, 0.5) is 0 Å². The molecule has 1 aliphatic carbocycles. The zero-order valence-electron chi connectivity index (χ0n) is 24.0. The fourth-order valence-electron chi connectivity index (χ4n) is 7.29. The highest BCUT2D eigenvalue weighted by atomic mass is 16.7. The molecule has 3 aromatic carbocycles. The minimum Gasteiger partial charge on any atom is -0.488 e. The van der Waals surface area contributed by atoms with E-state index in [-0.39, 0.29) is 18.3 Å². The highest BCUT2D eigenvalue weighted by Crippen LogP contribution is 2.49. The van der Waals surface area contributed by atoms with E-state index in [9.17, 15) is 0 Å². The van der Waals surface area contributed by atoms with Crippen LogP contribution in [0.2, 0.25) is 0 Å². The molecular formula is C33H36BN3O3. The molecule has 6 nitrogen and oxygen atoms in total. The van der Waals surface area contributed by atoms with Crippen molar-refractivity contribution in [2.24, 2.45) is 5.92 Å². The second-order valence-electron chi connectivity index (χ2n) is 13.2. The number of hydrogen-bond acceptors (Lipinski definition) is 5. The van der Waals surface area contributed by atoms with E-state index in [1.807, 2.05) is 0 Å². The van der Waals surface area contributed by atoms with Gasteiger partial charge < -0.3 is 19.0 Å². The van der Waals surface area contributed by atoms with Gasteiger partial charge in [0.2, 0.25) is 0 Å². The minimum absolute atomic E-state index is 0.361. The van der Waals surface area contributed by atoms with E-state index in [0.29, 0.717) is 12.6 Å². The van der Waals surface area contributed by atoms with Crippen LogP contribution in [0.3, 0.4) is 0 Å². The fraction of sp³-hybridized carbons (Fsp3) is 0.424. The molecule has 2 saturated heterocycles. The van der Waals surface area contributed by atoms with Crippen LogP contribution in [0, 0.1) is 5.92 Å². The molecule has 3 fully saturated rings. The lowest BCUT2D eigenvalue weighted by atomic mass is 9.77. The zero-order valence-corrected chi connectivity index (χ0v) is 24.0. The first-order valence-electron chi connectivity index (χ1n) is 14.6. The summed E-state index contributed by atoms with van der Waals surface area (Å²) < 4.78 is 18.9. The lowest BCUT2D eigenvalue weighted by Gasteiger charge is -2.32. The third kappa shape index (κ3) is 3.64. The van der Waals surface area contributed by atoms with Crippen LogP contribution in [0.5, 0.6) is 5.75 Å². The molecule has 2 unspecified atom stereocenters. The largest absolute Gasteiger partial charge is 0.494 e. The molecule has 4 heterocycles. The maximum absolute atomic E-state index is 6.30. The van der Waals surface area contributed by atoms with Gasteiger partial charge in [0.15, 0.2) is 0 Å². The van der Waals surface area contributed by atoms with Gasteiger partial charge in [-0.1, -0.05) is 36.4 Å². The predicted octanol–water partition coefficient (Wildman–Crippen LogP) is 6.24. The molecule has 0 amide bonds. The SMILES string of the molecule is CN1C2CCC(C2)[C@H]1c1nc2ccc(-c3ccc4c(c3)OCc3cc(B5OC(C)(C)C(C)(C)O5)ccc3-4)cc2[nH]1. The van der Waals surface area contributed by atoms with E-state index in [0.717, 1.165) is 62.3 Å². The van der Waals surface area contributed by atoms with Gasteiger partial charge in [-0.15, -0.1) is 0 Å². The van der Waals surface area contributed by atoms with Crippen molar-refractivity contribution < 1.29 is 14.0 Å². The average molecular weight is 533 g/mol. The van der Waals surface area contributed by atoms with Gasteiger partial charge in [0.1, 0.15) is 18.2 Å². The summed E-state index contributed by atoms with van der Waals surface area (Å²) in [6.45, 7) is 8.87. The Kier molecular flexibility index (Phi) is 5.21. The number of imidazole rings is 1. The number of piperidine rings is 1. The number of aromatic amines is 1. The van der Waals surface area contributed by atoms with Crippen LogP contribution < -0.4 is 10.2 Å². The first-order chi connectivity index (χ1) is 19.2. The number of nitrogens with zero attached hydrogens (tertiary/aromatic N) is 2. The standard InChI is InChI=1S/C33H36BN3O3/c1-32(2)33(3,4)40-34(39-32)23-9-12-25-22(14-23)18-38-29-17-20(7-11-26(25)29)19-8-13-27-28(16-19)36-31(35-27)30-21-6-10-24(15-21)37(30)5/h7-9,11-14,16-17,21,24,30H,6,10,15,18H2,1-5H3,(H,35,36)/t21?,24?,30-/m0/s1. The van der Waals surface area contributed by atoms with Gasteiger partial charge >= 0.3 is 7.12 Å². The summed E-state index contributed by atoms with van der Waals surface area (Å²) in [5, 5.41) is 0. The first-order valence-corrected chi connectivity index (χ1v) is 14.6. The Morgan fingerprint density at radius 3 is 2.42 bits per heavy atom. The third-order valence-electron chi connectivity index (χ3n) is 10.3. The highest BCUT2D eigenvalue weighted by molar-refractivity contribution is 6.62. The molecule has 1 N–H and O–H groups in total. The van der Waals surface area contributed by atoms with Crippen molar-refractivity contribution in [1.29, 1.82) is 0 Å². The van der Waals surface area contributed by atoms with Gasteiger partial charge in [-0.2, -0.15) is 0 Å². The highest BCUT2D eigenvalue weighted by Gasteiger charge is 2.52. The monoisotopic (exact) mass is 533 g/mol. The molecule has 0 radical (unpaired) electrons. The Morgan fingerprint density at radius 1 is 0.900 bits per heavy atom. The summed E-state index contributed by atoms with van der Waals surface area (Å²) in [6, 6.07) is 20.7. The maximum Gasteiger partial charge on any atom is 0.494 e. The van der Waals surface area contributed by atoms with Crippen molar-refractivity contribution >= 4 is 23.6 Å². The summed E-state index contributed by atoms with van der Waals surface area (Å²) in [5.74, 6) is 2.76. The third-order valence-corrected chi connectivity index (χ3v) is 10.3. The first kappa shape index (κ1) is 24.7. The van der Waals surface area contributed by atoms with E-state index in [4.69, 9.17) is 19.0 Å². The van der Waals surface area contributed by atoms with Crippen LogP contribution in [-0.2, 0) is 15.9 Å². The fourth-order valence-corrected chi connectivity index (χ4v) is 7.29. The molecule has 3 aliphatic heterocycles. The number of ether oxygens (including phenoxy) is 1. The molecule has 8 rings (SSSR count). The molecular weight excluding hydrogens is 497 g/mol. The molecule has 0 spiro atoms. The number of fused-ring (bicyclic) bond motifs is 6. The lowest BCUT2D eigenvalue weighted by molar-refractivity contribution is 0.00578. The number of aromatic nitrogens is 2. The van der Waals surface area contributed by atoms with Crippen molar-refractivity contribution in [3.63, 3.8) is 0 Å². The normalized spacial score (nSPS) is 26.2. The number of hydrogen-bond donors (Lipinski definition) is 1. The van der Waals surface area contributed by atoms with Crippen LogP contribution >= 0.6 is 0 Å². The zero-order chi connectivity index (χ0) is 27.4. The van der Waals surface area contributed by atoms with E-state index >= 15 is 0 Å². The van der Waals surface area contributed by atoms with Crippen LogP contribution in [0.25, 0.3) is 33.3 Å². The van der Waals surface area contributed by atoms with Crippen LogP contribution in [0.15, 0.2) is 54.6 Å². The van der Waals surface area contributed by atoms with Gasteiger partial charge in [0, 0.05) is 11.6 Å². The van der Waals surface area contributed by atoms with Gasteiger partial charge in [0.25, 0.3) is 0 Å². The Bertz CT molecular complexity index is 1640. The molecule has 204 valence electrons. The number of nitrogens with one attached hydrogen (secondary N) is 1. The van der Waals surface area contributed by atoms with Crippen LogP contribution in [-0.4, -0.2) is 46.3 Å². The topological polar surface area (TPSA) is 59.6 Å². The molecule has 1 aromatic heterocycles. The predicted molar refractivity (Wildman–Crippen MR) is 159 cm³/mol. The molecule has 1 saturated carbocycles. The number of benzene rings is 3. The van der Waals surface area contributed by atoms with E-state index in [1.54, 1.807) is 0 Å². The van der Waals surface area contributed by atoms with Gasteiger partial charge in [-0.25, -0.2) is 4.98 Å². The van der Waals surface area contributed by atoms with Crippen molar-refractivity contribution in [3.05, 3.63) is 66.0 Å². The molecule has 4 aromatic rings. The molecule has 3 atom stereocenters. The van der Waals surface area contributed by atoms with Gasteiger partial charge in [0.05, 0.1) is 28.3 Å². The van der Waals surface area contributed by atoms with E-state index < -0.39 is 0 Å². The van der Waals surface area contributed by atoms with Crippen LogP contribution in [0.1, 0.15) is 64.4 Å². The second-order valence-corrected chi connectivity index (χ2v) is 13.2. The Morgan fingerprint density at radius 2 is 1.65 bits per heavy atom. The number of H-pyrrole nitrogens is 1. The van der Waals surface area contributed by atoms with Crippen molar-refractivity contribution in [3.8, 4) is 28.0 Å². The van der Waals surface area contributed by atoms with Crippen molar-refractivity contribution in [2.75, 3.05) is 7.05 Å². The van der Waals surface area contributed by atoms with E-state index in [1.165, 1.54) is 24.8 Å². The average Bonchev–Trinajstić information content (AvgIpc) is 3.69. The summed E-state index contributed by atoms with van der Waals surface area (Å²) in [7, 11) is 1.89. The lowest BCUT2D eigenvalue weighted by Crippen LogP contribution is -2.41. The van der Waals surface area contributed by atoms with Gasteiger partial charge in [-0.05, 0) is 106 Å². The summed E-state index contributed by atoms with van der Waals surface area (Å²) in [4.78, 5) is 11.2. The summed E-state index contributed by atoms with van der Waals surface area (Å²) in [5.41, 5.74) is 8.24. The van der Waals surface area contributed by atoms with E-state index in [2.05, 4.69) is 99.2 Å². The molecule has 40 heavy (non-hydrogen) atoms. The number of likely N-dealkylation sites (tertiary alicyclic amines) is 1. The maximum atomic E-state index is 6.30. The Balaban J connectivity index is 1.07. The summed E-state index contributed by atoms with van der Waals surface area (Å²) >= 11 is 0. The smallest absolute Gasteiger partial charge is 0.488 e.